The van der Waals surface area contributed by atoms with Gasteiger partial charge in [-0.05, 0) is 102 Å². The maximum Gasteiger partial charge on any atom is 0.143 e. The highest BCUT2D eigenvalue weighted by Crippen LogP contribution is 2.63. The van der Waals surface area contributed by atoms with E-state index < -0.39 is 5.41 Å². The molecule has 8 aromatic carbocycles. The van der Waals surface area contributed by atoms with E-state index >= 15 is 0 Å². The van der Waals surface area contributed by atoms with Crippen molar-refractivity contribution in [2.24, 2.45) is 0 Å². The van der Waals surface area contributed by atoms with Gasteiger partial charge in [0.25, 0.3) is 0 Å². The third-order valence-corrected chi connectivity index (χ3v) is 10.9. The van der Waals surface area contributed by atoms with Gasteiger partial charge >= 0.3 is 0 Å². The lowest BCUT2D eigenvalue weighted by Gasteiger charge is -2.30. The van der Waals surface area contributed by atoms with E-state index in [-0.39, 0.29) is 0 Å². The van der Waals surface area contributed by atoms with E-state index in [1.165, 1.54) is 66.1 Å². The van der Waals surface area contributed by atoms with Crippen molar-refractivity contribution in [1.29, 1.82) is 5.26 Å². The van der Waals surface area contributed by atoms with Gasteiger partial charge in [0, 0.05) is 16.3 Å². The van der Waals surface area contributed by atoms with E-state index in [0.29, 0.717) is 5.56 Å². The van der Waals surface area contributed by atoms with Crippen LogP contribution >= 0.6 is 0 Å². The number of hydrogen-bond acceptors (Lipinski definition) is 2. The number of hydrogen-bond donors (Lipinski definition) is 0. The number of benzene rings is 8. The Kier molecular flexibility index (Phi) is 4.88. The number of fused-ring (bicyclic) bond motifs is 17. The van der Waals surface area contributed by atoms with Crippen molar-refractivity contribution in [2.75, 3.05) is 0 Å². The zero-order chi connectivity index (χ0) is 31.6. The minimum atomic E-state index is -0.541. The van der Waals surface area contributed by atoms with E-state index in [2.05, 4.69) is 152 Å². The average Bonchev–Trinajstić information content (AvgIpc) is 3.79. The van der Waals surface area contributed by atoms with Crippen LogP contribution in [0.4, 0.5) is 0 Å². The Bertz CT molecular complexity index is 2870. The smallest absolute Gasteiger partial charge is 0.143 e. The molecule has 0 bridgehead atoms. The second-order valence-electron chi connectivity index (χ2n) is 13.1. The standard InChI is InChI=1S/C46H25NO/c47-26-27-17-20-35-36-21-18-30(25-41(36)46(40(35)23-27)38-15-7-5-13-33(38)34-14-6-8-16-39(34)46)37-24-29-10-2-4-12-32(29)44-43-31-11-3-1-9-28(31)19-22-42(43)48-45(37)44/h1-25H. The number of rotatable bonds is 1. The molecule has 0 radical (unpaired) electrons. The molecule has 2 aliphatic rings. The Labute approximate surface area is 276 Å². The highest BCUT2D eigenvalue weighted by molar-refractivity contribution is 6.28. The van der Waals surface area contributed by atoms with Gasteiger partial charge in [-0.2, -0.15) is 5.26 Å². The van der Waals surface area contributed by atoms with Crippen molar-refractivity contribution >= 4 is 43.5 Å². The van der Waals surface area contributed by atoms with Crippen molar-refractivity contribution < 1.29 is 4.42 Å². The molecule has 0 saturated heterocycles. The Morgan fingerprint density at radius 1 is 0.458 bits per heavy atom. The Balaban J connectivity index is 1.27. The number of nitriles is 1. The van der Waals surface area contributed by atoms with Crippen molar-refractivity contribution in [2.45, 2.75) is 5.41 Å². The topological polar surface area (TPSA) is 36.9 Å². The van der Waals surface area contributed by atoms with E-state index in [1.807, 2.05) is 6.07 Å². The molecule has 0 N–H and O–H groups in total. The molecule has 0 amide bonds. The summed E-state index contributed by atoms with van der Waals surface area (Å²) in [7, 11) is 0. The molecule has 1 aromatic heterocycles. The van der Waals surface area contributed by atoms with Crippen molar-refractivity contribution in [3.63, 3.8) is 0 Å². The molecule has 11 rings (SSSR count). The second kappa shape index (κ2) is 9.10. The van der Waals surface area contributed by atoms with Crippen molar-refractivity contribution in [3.8, 4) is 39.4 Å². The summed E-state index contributed by atoms with van der Waals surface area (Å²) in [5, 5.41) is 17.2. The molecule has 0 aliphatic heterocycles. The van der Waals surface area contributed by atoms with Gasteiger partial charge in [0.2, 0.25) is 0 Å². The Morgan fingerprint density at radius 3 is 1.81 bits per heavy atom. The fourth-order valence-electron chi connectivity index (χ4n) is 8.98. The number of nitrogens with zero attached hydrogens (tertiary/aromatic N) is 1. The average molecular weight is 608 g/mol. The quantitative estimate of drug-likeness (QED) is 0.186. The Hall–Kier alpha value is -6.43. The summed E-state index contributed by atoms with van der Waals surface area (Å²) in [6.07, 6.45) is 0. The zero-order valence-electron chi connectivity index (χ0n) is 25.8. The van der Waals surface area contributed by atoms with Gasteiger partial charge in [0.05, 0.1) is 17.0 Å². The van der Waals surface area contributed by atoms with Crippen LogP contribution in [0.2, 0.25) is 0 Å². The fraction of sp³-hybridized carbons (Fsp3) is 0.0217. The fourth-order valence-corrected chi connectivity index (χ4v) is 8.98. The molecular formula is C46H25NO. The highest BCUT2D eigenvalue weighted by Gasteiger charge is 2.51. The van der Waals surface area contributed by atoms with E-state index in [4.69, 9.17) is 4.42 Å². The SMILES string of the molecule is N#Cc1ccc2c(c1)C1(c3ccccc3-c3ccccc31)c1cc(-c3cc4ccccc4c4c3oc3ccc5ccccc5c34)ccc1-2. The second-order valence-corrected chi connectivity index (χ2v) is 13.1. The minimum absolute atomic E-state index is 0.541. The van der Waals surface area contributed by atoms with Crippen LogP contribution in [0.25, 0.3) is 76.9 Å². The van der Waals surface area contributed by atoms with Crippen LogP contribution in [0.5, 0.6) is 0 Å². The van der Waals surface area contributed by atoms with Crippen LogP contribution in [0.3, 0.4) is 0 Å². The number of furan rings is 1. The maximum atomic E-state index is 10.1. The first kappa shape index (κ1) is 25.7. The van der Waals surface area contributed by atoms with Crippen LogP contribution in [0, 0.1) is 11.3 Å². The first-order valence-electron chi connectivity index (χ1n) is 16.4. The lowest BCUT2D eigenvalue weighted by Crippen LogP contribution is -2.26. The molecular weight excluding hydrogens is 583 g/mol. The van der Waals surface area contributed by atoms with Crippen LogP contribution in [-0.2, 0) is 5.41 Å². The van der Waals surface area contributed by atoms with E-state index in [1.54, 1.807) is 0 Å². The maximum absolute atomic E-state index is 10.1. The summed E-state index contributed by atoms with van der Waals surface area (Å²) in [4.78, 5) is 0. The first-order valence-corrected chi connectivity index (χ1v) is 16.4. The molecule has 2 nitrogen and oxygen atoms in total. The summed E-state index contributed by atoms with van der Waals surface area (Å²) >= 11 is 0. The molecule has 0 unspecified atom stereocenters. The normalized spacial score (nSPS) is 13.6. The minimum Gasteiger partial charge on any atom is -0.455 e. The van der Waals surface area contributed by atoms with Gasteiger partial charge in [-0.3, -0.25) is 0 Å². The van der Waals surface area contributed by atoms with Gasteiger partial charge in [0.1, 0.15) is 11.2 Å². The molecule has 9 aromatic rings. The molecule has 0 saturated carbocycles. The molecule has 220 valence electrons. The first-order chi connectivity index (χ1) is 23.8. The lowest BCUT2D eigenvalue weighted by atomic mass is 9.70. The predicted octanol–water partition coefficient (Wildman–Crippen LogP) is 11.8. The van der Waals surface area contributed by atoms with Crippen LogP contribution < -0.4 is 0 Å². The van der Waals surface area contributed by atoms with Gasteiger partial charge < -0.3 is 4.42 Å². The summed E-state index contributed by atoms with van der Waals surface area (Å²) < 4.78 is 6.86. The van der Waals surface area contributed by atoms with Crippen LogP contribution in [0.1, 0.15) is 27.8 Å². The summed E-state index contributed by atoms with van der Waals surface area (Å²) in [6.45, 7) is 0. The van der Waals surface area contributed by atoms with Gasteiger partial charge in [-0.1, -0.05) is 121 Å². The summed E-state index contributed by atoms with van der Waals surface area (Å²) in [6, 6.07) is 57.0. The van der Waals surface area contributed by atoms with Crippen LogP contribution in [-0.4, -0.2) is 0 Å². The third-order valence-electron chi connectivity index (χ3n) is 10.9. The molecule has 48 heavy (non-hydrogen) atoms. The van der Waals surface area contributed by atoms with Gasteiger partial charge in [-0.15, -0.1) is 0 Å². The molecule has 0 fully saturated rings. The third kappa shape index (κ3) is 3.07. The zero-order valence-corrected chi connectivity index (χ0v) is 25.8. The van der Waals surface area contributed by atoms with E-state index in [9.17, 15) is 5.26 Å². The molecule has 1 spiro atoms. The van der Waals surface area contributed by atoms with E-state index in [0.717, 1.165) is 33.1 Å². The monoisotopic (exact) mass is 607 g/mol. The van der Waals surface area contributed by atoms with Gasteiger partial charge in [-0.25, -0.2) is 0 Å². The van der Waals surface area contributed by atoms with Gasteiger partial charge in [0.15, 0.2) is 0 Å². The van der Waals surface area contributed by atoms with Crippen LogP contribution in [0.15, 0.2) is 156 Å². The van der Waals surface area contributed by atoms with Crippen molar-refractivity contribution in [1.82, 2.24) is 0 Å². The summed E-state index contributed by atoms with van der Waals surface area (Å²) in [5.41, 5.74) is 13.9. The largest absolute Gasteiger partial charge is 0.455 e. The Morgan fingerprint density at radius 2 is 1.06 bits per heavy atom. The lowest BCUT2D eigenvalue weighted by molar-refractivity contribution is 0.670. The highest BCUT2D eigenvalue weighted by atomic mass is 16.3. The molecule has 0 atom stereocenters. The molecule has 2 aliphatic carbocycles. The predicted molar refractivity (Wildman–Crippen MR) is 195 cm³/mol. The molecule has 2 heteroatoms. The van der Waals surface area contributed by atoms with Crippen molar-refractivity contribution in [3.05, 3.63) is 179 Å². The molecule has 1 heterocycles. The summed E-state index contributed by atoms with van der Waals surface area (Å²) in [5.74, 6) is 0.